The fraction of sp³-hybridized carbons (Fsp3) is 0.389. The maximum absolute atomic E-state index is 4.85. The standard InChI is InChI=1S/C18H20N3/c1-2-6-17-20-16-11-19-15-10-4-3-9-14(15)18(16)21(17)12-13-7-5-8-13/h3-4,9-11H,2,5-8,12H2,1H3. The Labute approximate surface area is 125 Å². The second-order valence-corrected chi connectivity index (χ2v) is 5.98. The minimum Gasteiger partial charge on any atom is -0.327 e. The molecule has 1 saturated carbocycles. The molecule has 1 aliphatic carbocycles. The first-order valence-corrected chi connectivity index (χ1v) is 7.93. The number of aryl methyl sites for hydroxylation is 1. The third-order valence-electron chi connectivity index (χ3n) is 4.47. The van der Waals surface area contributed by atoms with Crippen LogP contribution in [0.25, 0.3) is 21.9 Å². The van der Waals surface area contributed by atoms with Gasteiger partial charge in [-0.05, 0) is 31.2 Å². The average molecular weight is 278 g/mol. The van der Waals surface area contributed by atoms with Crippen LogP contribution in [0.5, 0.6) is 0 Å². The van der Waals surface area contributed by atoms with E-state index in [-0.39, 0.29) is 0 Å². The number of hydrogen-bond donors (Lipinski definition) is 0. The van der Waals surface area contributed by atoms with Crippen LogP contribution in [0.2, 0.25) is 0 Å². The van der Waals surface area contributed by atoms with Gasteiger partial charge in [0.15, 0.2) is 0 Å². The van der Waals surface area contributed by atoms with Crippen molar-refractivity contribution in [3.8, 4) is 0 Å². The molecule has 1 radical (unpaired) electrons. The molecule has 0 aliphatic heterocycles. The van der Waals surface area contributed by atoms with E-state index < -0.39 is 0 Å². The lowest BCUT2D eigenvalue weighted by molar-refractivity contribution is 0.476. The number of imidazole rings is 1. The van der Waals surface area contributed by atoms with Crippen molar-refractivity contribution in [1.82, 2.24) is 14.5 Å². The van der Waals surface area contributed by atoms with Gasteiger partial charge in [-0.2, -0.15) is 0 Å². The number of para-hydroxylation sites is 1. The van der Waals surface area contributed by atoms with Gasteiger partial charge in [0.1, 0.15) is 11.3 Å². The highest BCUT2D eigenvalue weighted by Gasteiger charge is 2.22. The predicted octanol–water partition coefficient (Wildman–Crippen LogP) is 4.30. The molecule has 1 fully saturated rings. The molecule has 2 aromatic heterocycles. The molecule has 0 saturated heterocycles. The van der Waals surface area contributed by atoms with Gasteiger partial charge >= 0.3 is 0 Å². The lowest BCUT2D eigenvalue weighted by Crippen LogP contribution is -2.17. The van der Waals surface area contributed by atoms with Crippen LogP contribution in [0.15, 0.2) is 30.5 Å². The molecule has 0 amide bonds. The van der Waals surface area contributed by atoms with Gasteiger partial charge in [-0.15, -0.1) is 0 Å². The van der Waals surface area contributed by atoms with Crippen molar-refractivity contribution in [1.29, 1.82) is 0 Å². The number of aromatic nitrogens is 3. The second kappa shape index (κ2) is 5.14. The Balaban J connectivity index is 1.95. The smallest absolute Gasteiger partial charge is 0.109 e. The summed E-state index contributed by atoms with van der Waals surface area (Å²) in [6.07, 6.45) is 8.02. The van der Waals surface area contributed by atoms with Crippen LogP contribution in [0.3, 0.4) is 0 Å². The quantitative estimate of drug-likeness (QED) is 0.712. The van der Waals surface area contributed by atoms with E-state index in [9.17, 15) is 0 Å². The Hall–Kier alpha value is -1.90. The van der Waals surface area contributed by atoms with Gasteiger partial charge in [-0.25, -0.2) is 4.98 Å². The molecule has 107 valence electrons. The van der Waals surface area contributed by atoms with Crippen LogP contribution in [-0.2, 0) is 13.0 Å². The highest BCUT2D eigenvalue weighted by Crippen LogP contribution is 2.33. The van der Waals surface area contributed by atoms with E-state index in [0.29, 0.717) is 0 Å². The van der Waals surface area contributed by atoms with Gasteiger partial charge < -0.3 is 4.57 Å². The minimum atomic E-state index is 1.04. The summed E-state index contributed by atoms with van der Waals surface area (Å²) in [6, 6.07) is 8.40. The number of fused-ring (bicyclic) bond motifs is 3. The number of hydrogen-bond acceptors (Lipinski definition) is 2. The number of benzene rings is 1. The van der Waals surface area contributed by atoms with E-state index in [2.05, 4.69) is 40.7 Å². The summed E-state index contributed by atoms with van der Waals surface area (Å²) < 4.78 is 2.44. The largest absolute Gasteiger partial charge is 0.327 e. The SMILES string of the molecule is CCCc1nc2cnc3ccccc3c2n1C[C]1CCC1. The highest BCUT2D eigenvalue weighted by atomic mass is 15.1. The van der Waals surface area contributed by atoms with E-state index in [1.807, 2.05) is 6.20 Å². The summed E-state index contributed by atoms with van der Waals surface area (Å²) in [5.41, 5.74) is 3.37. The summed E-state index contributed by atoms with van der Waals surface area (Å²) in [7, 11) is 0. The molecule has 0 bridgehead atoms. The first kappa shape index (κ1) is 12.8. The van der Waals surface area contributed by atoms with Gasteiger partial charge in [-0.3, -0.25) is 4.98 Å². The van der Waals surface area contributed by atoms with E-state index in [4.69, 9.17) is 4.98 Å². The first-order valence-electron chi connectivity index (χ1n) is 7.93. The van der Waals surface area contributed by atoms with Crippen LogP contribution in [0, 0.1) is 5.92 Å². The van der Waals surface area contributed by atoms with Crippen molar-refractivity contribution >= 4 is 21.9 Å². The van der Waals surface area contributed by atoms with Crippen LogP contribution in [0.1, 0.15) is 38.4 Å². The van der Waals surface area contributed by atoms with E-state index in [1.165, 1.54) is 36.0 Å². The number of rotatable bonds is 4. The lowest BCUT2D eigenvalue weighted by atomic mass is 9.85. The topological polar surface area (TPSA) is 30.7 Å². The molecule has 1 aliphatic rings. The summed E-state index contributed by atoms with van der Waals surface area (Å²) >= 11 is 0. The Morgan fingerprint density at radius 2 is 2.00 bits per heavy atom. The molecule has 3 aromatic rings. The molecule has 2 heterocycles. The molecule has 21 heavy (non-hydrogen) atoms. The average Bonchev–Trinajstić information content (AvgIpc) is 2.81. The Kier molecular flexibility index (Phi) is 3.13. The lowest BCUT2D eigenvalue weighted by Gasteiger charge is -2.26. The van der Waals surface area contributed by atoms with Gasteiger partial charge in [-0.1, -0.05) is 31.5 Å². The minimum absolute atomic E-state index is 1.04. The Morgan fingerprint density at radius 3 is 2.76 bits per heavy atom. The van der Waals surface area contributed by atoms with Gasteiger partial charge in [0, 0.05) is 18.4 Å². The van der Waals surface area contributed by atoms with Crippen molar-refractivity contribution in [2.24, 2.45) is 0 Å². The third-order valence-corrected chi connectivity index (χ3v) is 4.47. The molecular weight excluding hydrogens is 258 g/mol. The number of nitrogens with zero attached hydrogens (tertiary/aromatic N) is 3. The summed E-state index contributed by atoms with van der Waals surface area (Å²) in [5.74, 6) is 2.87. The van der Waals surface area contributed by atoms with Crippen LogP contribution in [0.4, 0.5) is 0 Å². The van der Waals surface area contributed by atoms with Crippen molar-refractivity contribution in [2.75, 3.05) is 0 Å². The zero-order chi connectivity index (χ0) is 14.2. The molecule has 3 heteroatoms. The van der Waals surface area contributed by atoms with E-state index in [0.717, 1.165) is 30.4 Å². The zero-order valence-corrected chi connectivity index (χ0v) is 12.5. The van der Waals surface area contributed by atoms with Crippen molar-refractivity contribution < 1.29 is 0 Å². The molecule has 1 aromatic carbocycles. The number of pyridine rings is 1. The molecule has 0 unspecified atom stereocenters. The third kappa shape index (κ3) is 2.11. The van der Waals surface area contributed by atoms with Crippen molar-refractivity contribution in [2.45, 2.75) is 45.6 Å². The molecule has 3 nitrogen and oxygen atoms in total. The second-order valence-electron chi connectivity index (χ2n) is 5.98. The maximum atomic E-state index is 4.85. The molecule has 0 N–H and O–H groups in total. The summed E-state index contributed by atoms with van der Waals surface area (Å²) in [5, 5.41) is 1.23. The first-order chi connectivity index (χ1) is 10.4. The van der Waals surface area contributed by atoms with E-state index in [1.54, 1.807) is 5.92 Å². The normalized spacial score (nSPS) is 15.7. The van der Waals surface area contributed by atoms with Crippen molar-refractivity contribution in [3.05, 3.63) is 42.2 Å². The van der Waals surface area contributed by atoms with Gasteiger partial charge in [0.2, 0.25) is 0 Å². The predicted molar refractivity (Wildman–Crippen MR) is 86.1 cm³/mol. The monoisotopic (exact) mass is 278 g/mol. The van der Waals surface area contributed by atoms with Crippen LogP contribution < -0.4 is 0 Å². The molecule has 0 atom stereocenters. The maximum Gasteiger partial charge on any atom is 0.109 e. The Morgan fingerprint density at radius 1 is 1.14 bits per heavy atom. The van der Waals surface area contributed by atoms with Crippen LogP contribution >= 0.6 is 0 Å². The van der Waals surface area contributed by atoms with Crippen LogP contribution in [-0.4, -0.2) is 14.5 Å². The zero-order valence-electron chi connectivity index (χ0n) is 12.5. The fourth-order valence-electron chi connectivity index (χ4n) is 3.20. The van der Waals surface area contributed by atoms with Gasteiger partial charge in [0.25, 0.3) is 0 Å². The van der Waals surface area contributed by atoms with Gasteiger partial charge in [0.05, 0.1) is 17.2 Å². The molecular formula is C18H20N3. The highest BCUT2D eigenvalue weighted by molar-refractivity contribution is 6.02. The van der Waals surface area contributed by atoms with E-state index >= 15 is 0 Å². The molecule has 0 spiro atoms. The Bertz CT molecular complexity index is 784. The summed E-state index contributed by atoms with van der Waals surface area (Å²) in [4.78, 5) is 9.41. The molecule has 4 rings (SSSR count). The fourth-order valence-corrected chi connectivity index (χ4v) is 3.20. The van der Waals surface area contributed by atoms with Crippen molar-refractivity contribution in [3.63, 3.8) is 0 Å². The summed E-state index contributed by atoms with van der Waals surface area (Å²) in [6.45, 7) is 3.26.